The highest BCUT2D eigenvalue weighted by Gasteiger charge is 2.32. The Labute approximate surface area is 161 Å². The molecule has 2 unspecified atom stereocenters. The van der Waals surface area contributed by atoms with E-state index in [2.05, 4.69) is 17.3 Å². The van der Waals surface area contributed by atoms with Crippen molar-refractivity contribution in [2.45, 2.75) is 78.0 Å². The lowest BCUT2D eigenvalue weighted by atomic mass is 9.86. The van der Waals surface area contributed by atoms with E-state index in [1.807, 2.05) is 27.8 Å². The van der Waals surface area contributed by atoms with E-state index in [9.17, 15) is 9.59 Å². The van der Waals surface area contributed by atoms with Crippen LogP contribution in [-0.2, 0) is 24.8 Å². The van der Waals surface area contributed by atoms with E-state index in [0.717, 1.165) is 24.1 Å². The molecule has 1 aliphatic heterocycles. The van der Waals surface area contributed by atoms with Gasteiger partial charge in [0.2, 0.25) is 0 Å². The first kappa shape index (κ1) is 19.7. The van der Waals surface area contributed by atoms with Gasteiger partial charge in [0.15, 0.2) is 5.69 Å². The average Bonchev–Trinajstić information content (AvgIpc) is 2.92. The fourth-order valence-electron chi connectivity index (χ4n) is 4.00. The van der Waals surface area contributed by atoms with Gasteiger partial charge in [-0.2, -0.15) is 5.10 Å². The minimum atomic E-state index is -0.522. The lowest BCUT2D eigenvalue weighted by Gasteiger charge is -2.31. The number of carbonyl (C=O) groups excluding carboxylic acids is 2. The molecule has 27 heavy (non-hydrogen) atoms. The molecule has 7 nitrogen and oxygen atoms in total. The van der Waals surface area contributed by atoms with Gasteiger partial charge in [0.25, 0.3) is 5.91 Å². The molecule has 1 saturated carbocycles. The number of aryl methyl sites for hydroxylation is 1. The van der Waals surface area contributed by atoms with Gasteiger partial charge in [-0.1, -0.05) is 19.8 Å². The largest absolute Gasteiger partial charge is 0.444 e. The van der Waals surface area contributed by atoms with E-state index >= 15 is 0 Å². The molecule has 1 aromatic rings. The predicted molar refractivity (Wildman–Crippen MR) is 102 cm³/mol. The van der Waals surface area contributed by atoms with Crippen LogP contribution in [0.15, 0.2) is 0 Å². The minimum Gasteiger partial charge on any atom is -0.444 e. The van der Waals surface area contributed by atoms with E-state index in [0.29, 0.717) is 31.1 Å². The molecule has 0 aromatic carbocycles. The van der Waals surface area contributed by atoms with Crippen LogP contribution in [0.3, 0.4) is 0 Å². The molecule has 0 radical (unpaired) electrons. The summed E-state index contributed by atoms with van der Waals surface area (Å²) in [6.45, 7) is 8.74. The third-order valence-corrected chi connectivity index (χ3v) is 5.54. The highest BCUT2D eigenvalue weighted by atomic mass is 16.6. The smallest absolute Gasteiger partial charge is 0.410 e. The summed E-state index contributed by atoms with van der Waals surface area (Å²) in [5.74, 6) is 0.418. The Morgan fingerprint density at radius 2 is 1.93 bits per heavy atom. The van der Waals surface area contributed by atoms with Gasteiger partial charge in [-0.05, 0) is 46.0 Å². The van der Waals surface area contributed by atoms with Crippen molar-refractivity contribution in [2.24, 2.45) is 13.0 Å². The van der Waals surface area contributed by atoms with E-state index in [1.54, 1.807) is 9.58 Å². The lowest BCUT2D eigenvalue weighted by Crippen LogP contribution is -2.42. The summed E-state index contributed by atoms with van der Waals surface area (Å²) in [6, 6.07) is 0.228. The van der Waals surface area contributed by atoms with Crippen LogP contribution in [-0.4, -0.2) is 44.9 Å². The number of hydrogen-bond acceptors (Lipinski definition) is 4. The van der Waals surface area contributed by atoms with Crippen molar-refractivity contribution in [2.75, 3.05) is 6.54 Å². The third kappa shape index (κ3) is 4.45. The average molecular weight is 377 g/mol. The molecular weight excluding hydrogens is 344 g/mol. The van der Waals surface area contributed by atoms with Crippen LogP contribution >= 0.6 is 0 Å². The molecule has 0 spiro atoms. The lowest BCUT2D eigenvalue weighted by molar-refractivity contribution is 0.0219. The Balaban J connectivity index is 1.72. The van der Waals surface area contributed by atoms with Crippen molar-refractivity contribution in [1.82, 2.24) is 20.0 Å². The fraction of sp³-hybridized carbons (Fsp3) is 0.750. The number of amides is 2. The zero-order valence-electron chi connectivity index (χ0n) is 17.2. The normalized spacial score (nSPS) is 22.9. The molecule has 0 bridgehead atoms. The number of ether oxygens (including phenoxy) is 1. The molecule has 2 heterocycles. The van der Waals surface area contributed by atoms with Crippen molar-refractivity contribution in [1.29, 1.82) is 0 Å². The maximum Gasteiger partial charge on any atom is 0.410 e. The molecular formula is C20H32N4O3. The van der Waals surface area contributed by atoms with Gasteiger partial charge in [-0.3, -0.25) is 9.48 Å². The summed E-state index contributed by atoms with van der Waals surface area (Å²) >= 11 is 0. The molecule has 2 atom stereocenters. The molecule has 1 fully saturated rings. The summed E-state index contributed by atoms with van der Waals surface area (Å²) in [5, 5.41) is 7.67. The van der Waals surface area contributed by atoms with E-state index < -0.39 is 5.60 Å². The maximum atomic E-state index is 12.9. The first-order valence-electron chi connectivity index (χ1n) is 9.99. The van der Waals surface area contributed by atoms with Gasteiger partial charge in [0, 0.05) is 25.2 Å². The van der Waals surface area contributed by atoms with Crippen LogP contribution in [0, 0.1) is 5.92 Å². The molecule has 3 rings (SSSR count). The van der Waals surface area contributed by atoms with Gasteiger partial charge in [-0.25, -0.2) is 4.79 Å². The van der Waals surface area contributed by atoms with Crippen LogP contribution in [0.5, 0.6) is 0 Å². The molecule has 1 aromatic heterocycles. The standard InChI is InChI=1S/C20H32N4O3/c1-13-8-6-7-9-15(13)21-18(25)17-14-10-11-24(12-16(14)23(5)22-17)19(26)27-20(2,3)4/h13,15H,6-12H2,1-5H3,(H,21,25). The SMILES string of the molecule is CC1CCCCC1NC(=O)c1nn(C)c2c1CCN(C(=O)OC(C)(C)C)C2. The van der Waals surface area contributed by atoms with Gasteiger partial charge >= 0.3 is 6.09 Å². The highest BCUT2D eigenvalue weighted by molar-refractivity contribution is 5.94. The number of fused-ring (bicyclic) bond motifs is 1. The zero-order valence-corrected chi connectivity index (χ0v) is 17.2. The molecule has 2 amide bonds. The number of hydrogen-bond donors (Lipinski definition) is 1. The summed E-state index contributed by atoms with van der Waals surface area (Å²) in [5.41, 5.74) is 1.85. The van der Waals surface area contributed by atoms with Crippen LogP contribution in [0.2, 0.25) is 0 Å². The Bertz CT molecular complexity index is 720. The van der Waals surface area contributed by atoms with E-state index in [4.69, 9.17) is 4.74 Å². The van der Waals surface area contributed by atoms with Crippen molar-refractivity contribution >= 4 is 12.0 Å². The van der Waals surface area contributed by atoms with Crippen molar-refractivity contribution < 1.29 is 14.3 Å². The number of nitrogens with one attached hydrogen (secondary N) is 1. The van der Waals surface area contributed by atoms with E-state index in [1.165, 1.54) is 12.8 Å². The molecule has 2 aliphatic rings. The molecule has 7 heteroatoms. The number of carbonyl (C=O) groups is 2. The number of rotatable bonds is 2. The van der Waals surface area contributed by atoms with Gasteiger partial charge in [-0.15, -0.1) is 0 Å². The first-order valence-corrected chi connectivity index (χ1v) is 9.99. The first-order chi connectivity index (χ1) is 12.7. The van der Waals surface area contributed by atoms with Crippen molar-refractivity contribution in [3.63, 3.8) is 0 Å². The van der Waals surface area contributed by atoms with Crippen LogP contribution in [0.4, 0.5) is 4.79 Å². The summed E-state index contributed by atoms with van der Waals surface area (Å²) in [4.78, 5) is 26.9. The predicted octanol–water partition coefficient (Wildman–Crippen LogP) is 3.02. The van der Waals surface area contributed by atoms with Gasteiger partial charge in [0.05, 0.1) is 12.2 Å². The quantitative estimate of drug-likeness (QED) is 0.861. The van der Waals surface area contributed by atoms with Crippen LogP contribution < -0.4 is 5.32 Å². The second kappa shape index (κ2) is 7.52. The van der Waals surface area contributed by atoms with Gasteiger partial charge < -0.3 is 15.0 Å². The molecule has 150 valence electrons. The monoisotopic (exact) mass is 376 g/mol. The Morgan fingerprint density at radius 1 is 1.22 bits per heavy atom. The van der Waals surface area contributed by atoms with E-state index in [-0.39, 0.29) is 18.0 Å². The highest BCUT2D eigenvalue weighted by Crippen LogP contribution is 2.26. The summed E-state index contributed by atoms with van der Waals surface area (Å²) in [6.07, 6.45) is 4.90. The number of nitrogens with zero attached hydrogens (tertiary/aromatic N) is 3. The molecule has 1 N–H and O–H groups in total. The second-order valence-corrected chi connectivity index (χ2v) is 8.89. The zero-order chi connectivity index (χ0) is 19.8. The van der Waals surface area contributed by atoms with Crippen LogP contribution in [0.25, 0.3) is 0 Å². The Morgan fingerprint density at radius 3 is 2.59 bits per heavy atom. The second-order valence-electron chi connectivity index (χ2n) is 8.89. The van der Waals surface area contributed by atoms with Gasteiger partial charge in [0.1, 0.15) is 5.60 Å². The Hall–Kier alpha value is -2.05. The molecule has 0 saturated heterocycles. The third-order valence-electron chi connectivity index (χ3n) is 5.54. The minimum absolute atomic E-state index is 0.0867. The maximum absolute atomic E-state index is 12.9. The van der Waals surface area contributed by atoms with Crippen molar-refractivity contribution in [3.8, 4) is 0 Å². The summed E-state index contributed by atoms with van der Waals surface area (Å²) in [7, 11) is 1.83. The fourth-order valence-corrected chi connectivity index (χ4v) is 4.00. The van der Waals surface area contributed by atoms with Crippen LogP contribution in [0.1, 0.15) is 75.1 Å². The summed E-state index contributed by atoms with van der Waals surface area (Å²) < 4.78 is 7.20. The van der Waals surface area contributed by atoms with Crippen molar-refractivity contribution in [3.05, 3.63) is 17.0 Å². The topological polar surface area (TPSA) is 76.5 Å². The Kier molecular flexibility index (Phi) is 5.49. The number of aromatic nitrogens is 2. The molecule has 1 aliphatic carbocycles.